The van der Waals surface area contributed by atoms with Gasteiger partial charge in [-0.05, 0) is 55.3 Å². The van der Waals surface area contributed by atoms with Crippen LogP contribution in [0.3, 0.4) is 0 Å². The summed E-state index contributed by atoms with van der Waals surface area (Å²) in [7, 11) is 0. The van der Waals surface area contributed by atoms with Gasteiger partial charge in [0, 0.05) is 10.9 Å². The van der Waals surface area contributed by atoms with Gasteiger partial charge in [0.1, 0.15) is 5.82 Å². The zero-order valence-corrected chi connectivity index (χ0v) is 12.2. The number of aromatic carboxylic acids is 1. The maximum atomic E-state index is 13.4. The molecular weight excluding hydrogens is 281 g/mol. The predicted molar refractivity (Wildman–Crippen MR) is 83.6 cm³/mol. The van der Waals surface area contributed by atoms with Crippen LogP contribution in [0.4, 0.5) is 4.39 Å². The number of hydrogen-bond acceptors (Lipinski definition) is 2. The van der Waals surface area contributed by atoms with E-state index in [1.165, 1.54) is 18.2 Å². The zero-order valence-electron chi connectivity index (χ0n) is 12.2. The minimum absolute atomic E-state index is 0.173. The first kappa shape index (κ1) is 14.2. The van der Waals surface area contributed by atoms with Crippen molar-refractivity contribution < 1.29 is 14.3 Å². The van der Waals surface area contributed by atoms with Crippen LogP contribution in [-0.2, 0) is 0 Å². The summed E-state index contributed by atoms with van der Waals surface area (Å²) in [6, 6.07) is 11.2. The molecule has 0 amide bonds. The van der Waals surface area contributed by atoms with Crippen LogP contribution in [0.15, 0.2) is 42.5 Å². The van der Waals surface area contributed by atoms with Crippen molar-refractivity contribution in [2.24, 2.45) is 0 Å². The SMILES string of the molecule is Cc1cc2nc(-c3cccc(F)c3)cc(C(=O)O)c2cc1C. The first-order chi connectivity index (χ1) is 10.5. The molecule has 0 aliphatic carbocycles. The van der Waals surface area contributed by atoms with Gasteiger partial charge in [0.25, 0.3) is 0 Å². The van der Waals surface area contributed by atoms with Gasteiger partial charge in [-0.25, -0.2) is 14.2 Å². The summed E-state index contributed by atoms with van der Waals surface area (Å²) in [5.41, 5.74) is 3.83. The molecule has 3 rings (SSSR count). The Kier molecular flexibility index (Phi) is 3.37. The smallest absolute Gasteiger partial charge is 0.336 e. The van der Waals surface area contributed by atoms with Crippen LogP contribution in [0.5, 0.6) is 0 Å². The Hall–Kier alpha value is -2.75. The Labute approximate surface area is 127 Å². The Bertz CT molecular complexity index is 903. The van der Waals surface area contributed by atoms with Crippen LogP contribution in [0, 0.1) is 19.7 Å². The molecule has 0 fully saturated rings. The van der Waals surface area contributed by atoms with Crippen LogP contribution in [-0.4, -0.2) is 16.1 Å². The highest BCUT2D eigenvalue weighted by molar-refractivity contribution is 6.04. The summed E-state index contributed by atoms with van der Waals surface area (Å²) < 4.78 is 13.4. The molecule has 0 saturated heterocycles. The lowest BCUT2D eigenvalue weighted by Crippen LogP contribution is -2.01. The van der Waals surface area contributed by atoms with E-state index >= 15 is 0 Å². The van der Waals surface area contributed by atoms with Crippen LogP contribution < -0.4 is 0 Å². The molecule has 0 spiro atoms. The van der Waals surface area contributed by atoms with Gasteiger partial charge < -0.3 is 5.11 Å². The Morgan fingerprint density at radius 3 is 2.50 bits per heavy atom. The maximum absolute atomic E-state index is 13.4. The van der Waals surface area contributed by atoms with Crippen LogP contribution >= 0.6 is 0 Å². The number of carbonyl (C=O) groups is 1. The summed E-state index contributed by atoms with van der Waals surface area (Å²) in [6.45, 7) is 3.88. The number of aromatic nitrogens is 1. The molecule has 1 N–H and O–H groups in total. The topological polar surface area (TPSA) is 50.2 Å². The third-order valence-corrected chi connectivity index (χ3v) is 3.77. The van der Waals surface area contributed by atoms with Gasteiger partial charge in [-0.2, -0.15) is 0 Å². The third-order valence-electron chi connectivity index (χ3n) is 3.77. The van der Waals surface area contributed by atoms with Gasteiger partial charge in [0.15, 0.2) is 0 Å². The van der Waals surface area contributed by atoms with Crippen LogP contribution in [0.25, 0.3) is 22.2 Å². The molecule has 0 aliphatic rings. The molecule has 1 aromatic heterocycles. The number of nitrogens with zero attached hydrogens (tertiary/aromatic N) is 1. The number of carboxylic acid groups (broad SMARTS) is 1. The fraction of sp³-hybridized carbons (Fsp3) is 0.111. The molecule has 1 heterocycles. The Morgan fingerprint density at radius 1 is 1.09 bits per heavy atom. The predicted octanol–water partition coefficient (Wildman–Crippen LogP) is 4.36. The lowest BCUT2D eigenvalue weighted by atomic mass is 10.00. The summed E-state index contributed by atoms with van der Waals surface area (Å²) in [5.74, 6) is -1.40. The lowest BCUT2D eigenvalue weighted by molar-refractivity contribution is 0.0699. The van der Waals surface area contributed by atoms with Crippen molar-refractivity contribution in [1.82, 2.24) is 4.98 Å². The Morgan fingerprint density at radius 2 is 1.82 bits per heavy atom. The molecule has 0 saturated carbocycles. The van der Waals surface area contributed by atoms with E-state index in [0.717, 1.165) is 11.1 Å². The van der Waals surface area contributed by atoms with Gasteiger partial charge in [-0.15, -0.1) is 0 Å². The standard InChI is InChI=1S/C18H14FNO2/c1-10-6-14-15(18(21)22)9-16(20-17(14)7-11(10)2)12-4-3-5-13(19)8-12/h3-9H,1-2H3,(H,21,22). The van der Waals surface area contributed by atoms with E-state index in [1.54, 1.807) is 12.1 Å². The zero-order chi connectivity index (χ0) is 15.9. The highest BCUT2D eigenvalue weighted by atomic mass is 19.1. The number of hydrogen-bond donors (Lipinski definition) is 1. The van der Waals surface area contributed by atoms with Gasteiger partial charge in [-0.1, -0.05) is 12.1 Å². The quantitative estimate of drug-likeness (QED) is 0.764. The molecule has 0 aliphatic heterocycles. The number of halogens is 1. The average molecular weight is 295 g/mol. The van der Waals surface area contributed by atoms with Crippen molar-refractivity contribution >= 4 is 16.9 Å². The molecule has 0 atom stereocenters. The van der Waals surface area contributed by atoms with Crippen molar-refractivity contribution in [3.63, 3.8) is 0 Å². The highest BCUT2D eigenvalue weighted by Crippen LogP contribution is 2.27. The number of rotatable bonds is 2. The third kappa shape index (κ3) is 2.44. The van der Waals surface area contributed by atoms with E-state index < -0.39 is 5.97 Å². The first-order valence-corrected chi connectivity index (χ1v) is 6.87. The van der Waals surface area contributed by atoms with Gasteiger partial charge in [0.2, 0.25) is 0 Å². The monoisotopic (exact) mass is 295 g/mol. The van der Waals surface area contributed by atoms with Gasteiger partial charge >= 0.3 is 5.97 Å². The fourth-order valence-electron chi connectivity index (χ4n) is 2.46. The summed E-state index contributed by atoms with van der Waals surface area (Å²) >= 11 is 0. The molecule has 0 unspecified atom stereocenters. The van der Waals surface area contributed by atoms with Gasteiger partial charge in [-0.3, -0.25) is 0 Å². The number of carboxylic acids is 1. The van der Waals surface area contributed by atoms with Crippen molar-refractivity contribution in [3.8, 4) is 11.3 Å². The van der Waals surface area contributed by atoms with Gasteiger partial charge in [0.05, 0.1) is 16.8 Å². The molecule has 0 radical (unpaired) electrons. The second-order valence-corrected chi connectivity index (χ2v) is 5.32. The largest absolute Gasteiger partial charge is 0.478 e. The molecule has 0 bridgehead atoms. The van der Waals surface area contributed by atoms with E-state index in [1.807, 2.05) is 26.0 Å². The maximum Gasteiger partial charge on any atom is 0.336 e. The molecule has 3 nitrogen and oxygen atoms in total. The number of pyridine rings is 1. The average Bonchev–Trinajstić information content (AvgIpc) is 2.47. The van der Waals surface area contributed by atoms with E-state index in [2.05, 4.69) is 4.98 Å². The van der Waals surface area contributed by atoms with E-state index in [-0.39, 0.29) is 11.4 Å². The van der Waals surface area contributed by atoms with E-state index in [9.17, 15) is 14.3 Å². The van der Waals surface area contributed by atoms with Crippen molar-refractivity contribution in [2.75, 3.05) is 0 Å². The number of fused-ring (bicyclic) bond motifs is 1. The molecule has 3 aromatic rings. The Balaban J connectivity index is 2.34. The molecule has 2 aromatic carbocycles. The highest BCUT2D eigenvalue weighted by Gasteiger charge is 2.14. The molecule has 110 valence electrons. The second kappa shape index (κ2) is 5.22. The molecular formula is C18H14FNO2. The first-order valence-electron chi connectivity index (χ1n) is 6.87. The van der Waals surface area contributed by atoms with Crippen molar-refractivity contribution in [3.05, 3.63) is 65.0 Å². The van der Waals surface area contributed by atoms with E-state index in [4.69, 9.17) is 0 Å². The fourth-order valence-corrected chi connectivity index (χ4v) is 2.46. The van der Waals surface area contributed by atoms with Crippen molar-refractivity contribution in [1.29, 1.82) is 0 Å². The summed E-state index contributed by atoms with van der Waals surface area (Å²) in [5, 5.41) is 10.1. The summed E-state index contributed by atoms with van der Waals surface area (Å²) in [6.07, 6.45) is 0. The molecule has 22 heavy (non-hydrogen) atoms. The molecule has 4 heteroatoms. The number of benzene rings is 2. The van der Waals surface area contributed by atoms with E-state index in [0.29, 0.717) is 22.2 Å². The minimum Gasteiger partial charge on any atom is -0.478 e. The van der Waals surface area contributed by atoms with Crippen LogP contribution in [0.1, 0.15) is 21.5 Å². The minimum atomic E-state index is -1.02. The van der Waals surface area contributed by atoms with Crippen LogP contribution in [0.2, 0.25) is 0 Å². The normalized spacial score (nSPS) is 10.9. The summed E-state index contributed by atoms with van der Waals surface area (Å²) in [4.78, 5) is 16.1. The van der Waals surface area contributed by atoms with Crippen molar-refractivity contribution in [2.45, 2.75) is 13.8 Å². The number of aryl methyl sites for hydroxylation is 2. The lowest BCUT2D eigenvalue weighted by Gasteiger charge is -2.10. The second-order valence-electron chi connectivity index (χ2n) is 5.32.